The van der Waals surface area contributed by atoms with Gasteiger partial charge in [0.1, 0.15) is 5.82 Å². The Labute approximate surface area is 112 Å². The largest absolute Gasteiger partial charge is 0.321 e. The molecular weight excluding hydrogens is 267 g/mol. The summed E-state index contributed by atoms with van der Waals surface area (Å²) in [5.74, 6) is -2.85. The van der Waals surface area contributed by atoms with Gasteiger partial charge in [-0.1, -0.05) is 6.07 Å². The van der Waals surface area contributed by atoms with Gasteiger partial charge in [-0.15, -0.1) is 0 Å². The molecule has 1 heterocycles. The molecule has 2 nitrogen and oxygen atoms in total. The first kappa shape index (κ1) is 12.5. The molecule has 0 aromatic heterocycles. The molecule has 1 N–H and O–H groups in total. The summed E-state index contributed by atoms with van der Waals surface area (Å²) in [6.45, 7) is 0. The monoisotopic (exact) mass is 275 g/mol. The van der Waals surface area contributed by atoms with Crippen molar-refractivity contribution in [3.63, 3.8) is 0 Å². The highest BCUT2D eigenvalue weighted by Crippen LogP contribution is 2.33. The van der Waals surface area contributed by atoms with E-state index in [0.717, 1.165) is 12.1 Å². The standard InChI is InChI=1S/C15H8F3NO/c16-9-2-4-14-10(7-9)11(15(20)19-14)5-8-1-3-12(17)13(18)6-8/h1-7H,(H,19,20)/b11-5-. The molecule has 20 heavy (non-hydrogen) atoms. The Kier molecular flexibility index (Phi) is 2.82. The molecule has 0 spiro atoms. The van der Waals surface area contributed by atoms with Crippen LogP contribution in [0.1, 0.15) is 11.1 Å². The zero-order chi connectivity index (χ0) is 14.3. The lowest BCUT2D eigenvalue weighted by molar-refractivity contribution is -0.110. The fraction of sp³-hybridized carbons (Fsp3) is 0. The minimum Gasteiger partial charge on any atom is -0.321 e. The molecule has 100 valence electrons. The van der Waals surface area contributed by atoms with E-state index in [2.05, 4.69) is 5.32 Å². The van der Waals surface area contributed by atoms with Gasteiger partial charge in [0.15, 0.2) is 11.6 Å². The van der Waals surface area contributed by atoms with Crippen molar-refractivity contribution in [1.29, 1.82) is 0 Å². The third-order valence-electron chi connectivity index (χ3n) is 3.02. The normalized spacial score (nSPS) is 15.3. The number of hydrogen-bond donors (Lipinski definition) is 1. The van der Waals surface area contributed by atoms with Gasteiger partial charge < -0.3 is 5.32 Å². The van der Waals surface area contributed by atoms with Crippen molar-refractivity contribution in [2.75, 3.05) is 5.32 Å². The van der Waals surface area contributed by atoms with E-state index in [1.165, 1.54) is 30.3 Å². The highest BCUT2D eigenvalue weighted by Gasteiger charge is 2.24. The molecule has 0 aliphatic carbocycles. The summed E-state index contributed by atoms with van der Waals surface area (Å²) >= 11 is 0. The van der Waals surface area contributed by atoms with Crippen LogP contribution in [-0.4, -0.2) is 5.91 Å². The zero-order valence-electron chi connectivity index (χ0n) is 10.1. The molecule has 0 atom stereocenters. The van der Waals surface area contributed by atoms with Crippen molar-refractivity contribution in [3.8, 4) is 0 Å². The molecule has 0 fully saturated rings. The number of halogens is 3. The van der Waals surface area contributed by atoms with Gasteiger partial charge in [0, 0.05) is 16.8 Å². The van der Waals surface area contributed by atoms with E-state index < -0.39 is 23.4 Å². The summed E-state index contributed by atoms with van der Waals surface area (Å²) in [4.78, 5) is 11.8. The topological polar surface area (TPSA) is 29.1 Å². The van der Waals surface area contributed by atoms with Crippen LogP contribution in [0.25, 0.3) is 11.6 Å². The fourth-order valence-corrected chi connectivity index (χ4v) is 2.07. The number of hydrogen-bond acceptors (Lipinski definition) is 1. The molecule has 0 saturated heterocycles. The van der Waals surface area contributed by atoms with E-state index in [1.54, 1.807) is 0 Å². The number of carbonyl (C=O) groups is 1. The first-order chi connectivity index (χ1) is 9.54. The Morgan fingerprint density at radius 3 is 2.50 bits per heavy atom. The highest BCUT2D eigenvalue weighted by molar-refractivity contribution is 6.34. The summed E-state index contributed by atoms with van der Waals surface area (Å²) in [5, 5.41) is 2.58. The molecule has 2 aromatic rings. The van der Waals surface area contributed by atoms with Crippen molar-refractivity contribution >= 4 is 23.2 Å². The predicted molar refractivity (Wildman–Crippen MR) is 69.3 cm³/mol. The van der Waals surface area contributed by atoms with Crippen molar-refractivity contribution in [2.45, 2.75) is 0 Å². The van der Waals surface area contributed by atoms with Gasteiger partial charge in [-0.3, -0.25) is 4.79 Å². The summed E-state index contributed by atoms with van der Waals surface area (Å²) in [6.07, 6.45) is 1.39. The first-order valence-electron chi connectivity index (χ1n) is 5.82. The van der Waals surface area contributed by atoms with Gasteiger partial charge in [0.2, 0.25) is 0 Å². The average Bonchev–Trinajstić information content (AvgIpc) is 2.70. The Bertz CT molecular complexity index is 753. The van der Waals surface area contributed by atoms with Crippen LogP contribution in [0.5, 0.6) is 0 Å². The van der Waals surface area contributed by atoms with Crippen molar-refractivity contribution < 1.29 is 18.0 Å². The lowest BCUT2D eigenvalue weighted by Gasteiger charge is -2.00. The van der Waals surface area contributed by atoms with Gasteiger partial charge >= 0.3 is 0 Å². The van der Waals surface area contributed by atoms with Crippen molar-refractivity contribution in [2.24, 2.45) is 0 Å². The second-order valence-corrected chi connectivity index (χ2v) is 4.38. The highest BCUT2D eigenvalue weighted by atomic mass is 19.2. The lowest BCUT2D eigenvalue weighted by Crippen LogP contribution is -2.03. The lowest BCUT2D eigenvalue weighted by atomic mass is 10.0. The molecular formula is C15H8F3NO. The second-order valence-electron chi connectivity index (χ2n) is 4.38. The number of nitrogens with one attached hydrogen (secondary N) is 1. The Hall–Kier alpha value is -2.56. The molecule has 2 aromatic carbocycles. The maximum atomic E-state index is 13.2. The minimum absolute atomic E-state index is 0.213. The summed E-state index contributed by atoms with van der Waals surface area (Å²) in [7, 11) is 0. The average molecular weight is 275 g/mol. The van der Waals surface area contributed by atoms with E-state index in [9.17, 15) is 18.0 Å². The van der Waals surface area contributed by atoms with Crippen LogP contribution in [0.4, 0.5) is 18.9 Å². The van der Waals surface area contributed by atoms with Crippen molar-refractivity contribution in [1.82, 2.24) is 0 Å². The SMILES string of the molecule is O=C1Nc2ccc(F)cc2/C1=C/c1ccc(F)c(F)c1. The van der Waals surface area contributed by atoms with Crippen LogP contribution >= 0.6 is 0 Å². The van der Waals surface area contributed by atoms with Crippen LogP contribution in [0.2, 0.25) is 0 Å². The molecule has 1 aliphatic rings. The number of fused-ring (bicyclic) bond motifs is 1. The zero-order valence-corrected chi connectivity index (χ0v) is 10.1. The molecule has 0 unspecified atom stereocenters. The van der Waals surface area contributed by atoms with E-state index in [-0.39, 0.29) is 5.57 Å². The molecule has 5 heteroatoms. The summed E-state index contributed by atoms with van der Waals surface area (Å²) in [6, 6.07) is 7.21. The van der Waals surface area contributed by atoms with Crippen LogP contribution in [0.15, 0.2) is 36.4 Å². The molecule has 1 amide bonds. The predicted octanol–water partition coefficient (Wildman–Crippen LogP) is 3.60. The van der Waals surface area contributed by atoms with Crippen LogP contribution in [-0.2, 0) is 4.79 Å². The number of amides is 1. The van der Waals surface area contributed by atoms with Gasteiger partial charge in [-0.25, -0.2) is 13.2 Å². The Morgan fingerprint density at radius 1 is 0.950 bits per heavy atom. The van der Waals surface area contributed by atoms with Gasteiger partial charge in [0.05, 0.1) is 0 Å². The number of anilines is 1. The number of benzene rings is 2. The molecule has 0 saturated carbocycles. The smallest absolute Gasteiger partial charge is 0.256 e. The molecule has 0 radical (unpaired) electrons. The van der Waals surface area contributed by atoms with Crippen LogP contribution in [0.3, 0.4) is 0 Å². The molecule has 3 rings (SSSR count). The van der Waals surface area contributed by atoms with Crippen LogP contribution < -0.4 is 5.32 Å². The third kappa shape index (κ3) is 2.07. The molecule has 0 bridgehead atoms. The number of carbonyl (C=O) groups excluding carboxylic acids is 1. The van der Waals surface area contributed by atoms with Crippen LogP contribution in [0, 0.1) is 17.5 Å². The van der Waals surface area contributed by atoms with E-state index in [1.807, 2.05) is 0 Å². The van der Waals surface area contributed by atoms with E-state index in [0.29, 0.717) is 16.8 Å². The second kappa shape index (κ2) is 4.52. The third-order valence-corrected chi connectivity index (χ3v) is 3.02. The van der Waals surface area contributed by atoms with E-state index >= 15 is 0 Å². The Balaban J connectivity index is 2.10. The van der Waals surface area contributed by atoms with Gasteiger partial charge in [-0.05, 0) is 42.0 Å². The number of rotatable bonds is 1. The first-order valence-corrected chi connectivity index (χ1v) is 5.82. The molecule has 1 aliphatic heterocycles. The van der Waals surface area contributed by atoms with E-state index in [4.69, 9.17) is 0 Å². The fourth-order valence-electron chi connectivity index (χ4n) is 2.07. The van der Waals surface area contributed by atoms with Crippen molar-refractivity contribution in [3.05, 3.63) is 65.0 Å². The summed E-state index contributed by atoms with van der Waals surface area (Å²) < 4.78 is 39.2. The summed E-state index contributed by atoms with van der Waals surface area (Å²) in [5.41, 5.74) is 1.43. The minimum atomic E-state index is -1.00. The maximum absolute atomic E-state index is 13.2. The Morgan fingerprint density at radius 2 is 1.75 bits per heavy atom. The maximum Gasteiger partial charge on any atom is 0.256 e. The van der Waals surface area contributed by atoms with Gasteiger partial charge in [0.25, 0.3) is 5.91 Å². The van der Waals surface area contributed by atoms with Gasteiger partial charge in [-0.2, -0.15) is 0 Å². The quantitative estimate of drug-likeness (QED) is 0.792.